The van der Waals surface area contributed by atoms with E-state index in [4.69, 9.17) is 16.3 Å². The van der Waals surface area contributed by atoms with Gasteiger partial charge in [-0.05, 0) is 36.4 Å². The Morgan fingerprint density at radius 3 is 2.71 bits per heavy atom. The molecule has 5 nitrogen and oxygen atoms in total. The summed E-state index contributed by atoms with van der Waals surface area (Å²) < 4.78 is 5.50. The molecule has 1 saturated heterocycles. The molecule has 2 aromatic carbocycles. The van der Waals surface area contributed by atoms with E-state index in [2.05, 4.69) is 9.97 Å². The summed E-state index contributed by atoms with van der Waals surface area (Å²) in [6, 6.07) is 14.9. The minimum absolute atomic E-state index is 0.0164. The number of aromatic nitrogens is 2. The largest absolute Gasteiger partial charge is 0.484 e. The maximum absolute atomic E-state index is 12.2. The van der Waals surface area contributed by atoms with Gasteiger partial charge in [-0.3, -0.25) is 4.79 Å². The van der Waals surface area contributed by atoms with Gasteiger partial charge in [0.1, 0.15) is 11.6 Å². The number of hydrogen-bond acceptors (Lipinski definition) is 3. The van der Waals surface area contributed by atoms with Crippen LogP contribution < -0.4 is 4.74 Å². The highest BCUT2D eigenvalue weighted by Crippen LogP contribution is 2.27. The molecule has 6 heteroatoms. The van der Waals surface area contributed by atoms with Gasteiger partial charge in [0.05, 0.1) is 17.0 Å². The molecule has 1 fully saturated rings. The van der Waals surface area contributed by atoms with E-state index in [0.29, 0.717) is 23.9 Å². The predicted octanol–water partition coefficient (Wildman–Crippen LogP) is 3.22. The minimum Gasteiger partial charge on any atom is -0.484 e. The summed E-state index contributed by atoms with van der Waals surface area (Å²) in [5.41, 5.74) is 1.99. The Morgan fingerprint density at radius 2 is 1.96 bits per heavy atom. The van der Waals surface area contributed by atoms with Crippen LogP contribution in [-0.4, -0.2) is 40.5 Å². The molecule has 0 unspecified atom stereocenters. The van der Waals surface area contributed by atoms with Crippen molar-refractivity contribution in [1.29, 1.82) is 0 Å². The second kappa shape index (κ2) is 6.17. The third kappa shape index (κ3) is 2.95. The van der Waals surface area contributed by atoms with Crippen LogP contribution in [0.15, 0.2) is 48.5 Å². The second-order valence-electron chi connectivity index (χ2n) is 5.88. The average molecular weight is 342 g/mol. The molecule has 0 bridgehead atoms. The minimum atomic E-state index is -0.0164. The van der Waals surface area contributed by atoms with Crippen LogP contribution in [0.3, 0.4) is 0 Å². The molecule has 3 aromatic rings. The Morgan fingerprint density at radius 1 is 1.21 bits per heavy atom. The van der Waals surface area contributed by atoms with E-state index in [0.717, 1.165) is 16.9 Å². The van der Waals surface area contributed by atoms with E-state index >= 15 is 0 Å². The zero-order chi connectivity index (χ0) is 16.5. The van der Waals surface area contributed by atoms with Gasteiger partial charge in [-0.25, -0.2) is 4.98 Å². The smallest absolute Gasteiger partial charge is 0.260 e. The zero-order valence-corrected chi connectivity index (χ0v) is 13.7. The number of halogens is 1. The highest BCUT2D eigenvalue weighted by molar-refractivity contribution is 6.30. The highest BCUT2D eigenvalue weighted by Gasteiger charge is 2.33. The number of nitrogens with zero attached hydrogens (tertiary/aromatic N) is 2. The number of para-hydroxylation sites is 2. The molecule has 4 rings (SSSR count). The maximum atomic E-state index is 12.2. The standard InChI is InChI=1S/C18H16ClN3O2/c19-13-5-7-14(8-6-13)24-11-17(23)22-9-12(10-22)18-20-15-3-1-2-4-16(15)21-18/h1-8,12H,9-11H2,(H,20,21). The molecule has 2 heterocycles. The summed E-state index contributed by atoms with van der Waals surface area (Å²) in [7, 11) is 0. The van der Waals surface area contributed by atoms with Crippen molar-refractivity contribution in [2.75, 3.05) is 19.7 Å². The molecule has 1 aromatic heterocycles. The SMILES string of the molecule is O=C(COc1ccc(Cl)cc1)N1CC(c2nc3ccccc3[nH]2)C1. The lowest BCUT2D eigenvalue weighted by atomic mass is 9.99. The van der Waals surface area contributed by atoms with Crippen molar-refractivity contribution in [1.82, 2.24) is 14.9 Å². The lowest BCUT2D eigenvalue weighted by Gasteiger charge is -2.38. The van der Waals surface area contributed by atoms with E-state index in [1.807, 2.05) is 24.3 Å². The molecule has 1 N–H and O–H groups in total. The Balaban J connectivity index is 1.31. The first-order chi connectivity index (χ1) is 11.7. The molecule has 0 saturated carbocycles. The number of carbonyl (C=O) groups is 1. The number of nitrogens with one attached hydrogen (secondary N) is 1. The first-order valence-corrected chi connectivity index (χ1v) is 8.17. The third-order valence-electron chi connectivity index (χ3n) is 4.20. The van der Waals surface area contributed by atoms with Crippen molar-refractivity contribution in [2.24, 2.45) is 0 Å². The maximum Gasteiger partial charge on any atom is 0.260 e. The Labute approximate surface area is 144 Å². The molecule has 0 aliphatic carbocycles. The Bertz CT molecular complexity index is 836. The molecule has 0 radical (unpaired) electrons. The monoisotopic (exact) mass is 341 g/mol. The summed E-state index contributed by atoms with van der Waals surface area (Å²) in [6.07, 6.45) is 0. The van der Waals surface area contributed by atoms with Crippen LogP contribution in [0.4, 0.5) is 0 Å². The summed E-state index contributed by atoms with van der Waals surface area (Å²) in [5.74, 6) is 1.83. The number of amides is 1. The quantitative estimate of drug-likeness (QED) is 0.792. The van der Waals surface area contributed by atoms with E-state index in [9.17, 15) is 4.79 Å². The first-order valence-electron chi connectivity index (χ1n) is 7.80. The average Bonchev–Trinajstić information content (AvgIpc) is 2.96. The number of aromatic amines is 1. The fraction of sp³-hybridized carbons (Fsp3) is 0.222. The van der Waals surface area contributed by atoms with Crippen molar-refractivity contribution >= 4 is 28.5 Å². The van der Waals surface area contributed by atoms with Gasteiger partial charge >= 0.3 is 0 Å². The number of ether oxygens (including phenoxy) is 1. The van der Waals surface area contributed by atoms with Gasteiger partial charge in [0.2, 0.25) is 0 Å². The topological polar surface area (TPSA) is 58.2 Å². The van der Waals surface area contributed by atoms with Crippen LogP contribution in [0.5, 0.6) is 5.75 Å². The van der Waals surface area contributed by atoms with Crippen molar-refractivity contribution in [3.8, 4) is 5.75 Å². The molecule has 1 aliphatic heterocycles. The summed E-state index contributed by atoms with van der Waals surface area (Å²) >= 11 is 5.82. The van der Waals surface area contributed by atoms with Gasteiger partial charge in [0.25, 0.3) is 5.91 Å². The van der Waals surface area contributed by atoms with E-state index in [-0.39, 0.29) is 18.4 Å². The van der Waals surface area contributed by atoms with E-state index in [1.165, 1.54) is 0 Å². The van der Waals surface area contributed by atoms with Gasteiger partial charge < -0.3 is 14.6 Å². The lowest BCUT2D eigenvalue weighted by Crippen LogP contribution is -2.50. The van der Waals surface area contributed by atoms with Gasteiger partial charge in [0, 0.05) is 18.1 Å². The molecule has 24 heavy (non-hydrogen) atoms. The van der Waals surface area contributed by atoms with Gasteiger partial charge in [0.15, 0.2) is 6.61 Å². The van der Waals surface area contributed by atoms with Crippen molar-refractivity contribution < 1.29 is 9.53 Å². The number of H-pyrrole nitrogens is 1. The number of imidazole rings is 1. The number of rotatable bonds is 4. The molecule has 1 amide bonds. The number of hydrogen-bond donors (Lipinski definition) is 1. The third-order valence-corrected chi connectivity index (χ3v) is 4.46. The molecule has 0 atom stereocenters. The predicted molar refractivity (Wildman–Crippen MR) is 92.4 cm³/mol. The molecular weight excluding hydrogens is 326 g/mol. The van der Waals surface area contributed by atoms with Crippen LogP contribution in [-0.2, 0) is 4.79 Å². The van der Waals surface area contributed by atoms with Crippen LogP contribution in [0.2, 0.25) is 5.02 Å². The van der Waals surface area contributed by atoms with Crippen LogP contribution in [0.25, 0.3) is 11.0 Å². The van der Waals surface area contributed by atoms with E-state index < -0.39 is 0 Å². The van der Waals surface area contributed by atoms with Crippen LogP contribution in [0.1, 0.15) is 11.7 Å². The molecule has 1 aliphatic rings. The molecule has 122 valence electrons. The highest BCUT2D eigenvalue weighted by atomic mass is 35.5. The number of carbonyl (C=O) groups excluding carboxylic acids is 1. The second-order valence-corrected chi connectivity index (χ2v) is 6.31. The number of benzene rings is 2. The zero-order valence-electron chi connectivity index (χ0n) is 12.9. The fourth-order valence-corrected chi connectivity index (χ4v) is 2.91. The summed E-state index contributed by atoms with van der Waals surface area (Å²) in [4.78, 5) is 21.9. The van der Waals surface area contributed by atoms with Crippen molar-refractivity contribution in [3.05, 3.63) is 59.4 Å². The van der Waals surface area contributed by atoms with Crippen LogP contribution in [0, 0.1) is 0 Å². The summed E-state index contributed by atoms with van der Waals surface area (Å²) in [6.45, 7) is 1.37. The van der Waals surface area contributed by atoms with Crippen molar-refractivity contribution in [3.63, 3.8) is 0 Å². The van der Waals surface area contributed by atoms with Gasteiger partial charge in [-0.1, -0.05) is 23.7 Å². The van der Waals surface area contributed by atoms with Gasteiger partial charge in [-0.2, -0.15) is 0 Å². The fourth-order valence-electron chi connectivity index (χ4n) is 2.79. The normalized spacial score (nSPS) is 14.6. The Hall–Kier alpha value is -2.53. The number of likely N-dealkylation sites (tertiary alicyclic amines) is 1. The Kier molecular flexibility index (Phi) is 3.86. The molecular formula is C18H16ClN3O2. The van der Waals surface area contributed by atoms with E-state index in [1.54, 1.807) is 29.2 Å². The van der Waals surface area contributed by atoms with Gasteiger partial charge in [-0.15, -0.1) is 0 Å². The van der Waals surface area contributed by atoms with Crippen molar-refractivity contribution in [2.45, 2.75) is 5.92 Å². The van der Waals surface area contributed by atoms with Crippen LogP contribution >= 0.6 is 11.6 Å². The molecule has 0 spiro atoms. The number of fused-ring (bicyclic) bond motifs is 1. The first kappa shape index (κ1) is 15.0. The lowest BCUT2D eigenvalue weighted by molar-refractivity contribution is -0.137. The summed E-state index contributed by atoms with van der Waals surface area (Å²) in [5, 5.41) is 0.644.